The molecule has 0 spiro atoms. The van der Waals surface area contributed by atoms with E-state index in [1.807, 2.05) is 39.0 Å². The number of hydrogen-bond acceptors (Lipinski definition) is 5. The van der Waals surface area contributed by atoms with Crippen molar-refractivity contribution >= 4 is 23.1 Å². The lowest BCUT2D eigenvalue weighted by molar-refractivity contribution is 0.00806. The Balaban J connectivity index is 1.68. The maximum absolute atomic E-state index is 12.5. The number of amides is 1. The van der Waals surface area contributed by atoms with Crippen LogP contribution in [0.25, 0.3) is 17.0 Å². The highest BCUT2D eigenvalue weighted by Gasteiger charge is 2.32. The number of allylic oxidation sites excluding steroid dienone is 1. The van der Waals surface area contributed by atoms with Gasteiger partial charge in [0.15, 0.2) is 0 Å². The molecule has 1 fully saturated rings. The minimum absolute atomic E-state index is 0.127. The Bertz CT molecular complexity index is 919. The molecule has 2 aromatic rings. The monoisotopic (exact) mass is 426 g/mol. The minimum Gasteiger partial charge on any atom is -0.495 e. The van der Waals surface area contributed by atoms with Gasteiger partial charge in [0.25, 0.3) is 0 Å². The molecular formula is C25H34N2O4. The van der Waals surface area contributed by atoms with Gasteiger partial charge >= 0.3 is 6.09 Å². The third kappa shape index (κ3) is 6.20. The van der Waals surface area contributed by atoms with Gasteiger partial charge in [-0.3, -0.25) is 4.98 Å². The molecule has 1 N–H and O–H groups in total. The molecule has 3 rings (SSSR count). The van der Waals surface area contributed by atoms with Gasteiger partial charge in [0.2, 0.25) is 0 Å². The number of pyridine rings is 1. The molecule has 0 unspecified atom stereocenters. The summed E-state index contributed by atoms with van der Waals surface area (Å²) in [5.41, 5.74) is 1.54. The van der Waals surface area contributed by atoms with Crippen LogP contribution in [0.5, 0.6) is 5.75 Å². The summed E-state index contributed by atoms with van der Waals surface area (Å²) in [6.07, 6.45) is 8.30. The van der Waals surface area contributed by atoms with Crippen molar-refractivity contribution in [2.75, 3.05) is 26.8 Å². The number of aliphatic hydroxyl groups excluding tert-OH is 1. The summed E-state index contributed by atoms with van der Waals surface area (Å²) in [6.45, 7) is 7.08. The second-order valence-electron chi connectivity index (χ2n) is 9.17. The van der Waals surface area contributed by atoms with Gasteiger partial charge in [-0.25, -0.2) is 4.79 Å². The van der Waals surface area contributed by atoms with E-state index in [4.69, 9.17) is 9.47 Å². The Hall–Kier alpha value is -2.60. The average molecular weight is 427 g/mol. The number of hydrogen-bond donors (Lipinski definition) is 1. The van der Waals surface area contributed by atoms with Gasteiger partial charge in [-0.05, 0) is 69.6 Å². The molecule has 6 heteroatoms. The predicted octanol–water partition coefficient (Wildman–Crippen LogP) is 4.90. The molecule has 1 saturated heterocycles. The molecular weight excluding hydrogens is 392 g/mol. The Kier molecular flexibility index (Phi) is 7.55. The molecule has 1 aliphatic rings. The molecule has 168 valence electrons. The number of nitrogens with zero attached hydrogens (tertiary/aromatic N) is 2. The molecule has 0 aliphatic carbocycles. The molecule has 0 bridgehead atoms. The predicted molar refractivity (Wildman–Crippen MR) is 123 cm³/mol. The number of aliphatic hydroxyl groups is 1. The van der Waals surface area contributed by atoms with Crippen LogP contribution in [0.15, 0.2) is 36.5 Å². The van der Waals surface area contributed by atoms with Crippen molar-refractivity contribution in [1.29, 1.82) is 0 Å². The van der Waals surface area contributed by atoms with E-state index in [0.29, 0.717) is 25.4 Å². The molecule has 1 amide bonds. The zero-order valence-corrected chi connectivity index (χ0v) is 19.0. The van der Waals surface area contributed by atoms with E-state index >= 15 is 0 Å². The number of methoxy groups -OCH3 is 1. The van der Waals surface area contributed by atoms with Gasteiger partial charge in [0, 0.05) is 25.1 Å². The molecule has 31 heavy (non-hydrogen) atoms. The summed E-state index contributed by atoms with van der Waals surface area (Å²) in [7, 11) is 1.65. The lowest BCUT2D eigenvalue weighted by Gasteiger charge is -2.38. The van der Waals surface area contributed by atoms with Crippen molar-refractivity contribution in [3.05, 3.63) is 42.1 Å². The molecule has 6 nitrogen and oxygen atoms in total. The SMILES string of the molecule is COc1cnc2cccc(/C=C/C[C@@H]3CCN(C(=O)OC(C)(C)C)C[C@@H]3CCO)c2c1. The quantitative estimate of drug-likeness (QED) is 0.711. The zero-order valence-electron chi connectivity index (χ0n) is 19.0. The Morgan fingerprint density at radius 3 is 2.84 bits per heavy atom. The summed E-state index contributed by atoms with van der Waals surface area (Å²) >= 11 is 0. The van der Waals surface area contributed by atoms with Crippen molar-refractivity contribution in [2.24, 2.45) is 11.8 Å². The molecule has 0 radical (unpaired) electrons. The minimum atomic E-state index is -0.501. The number of carbonyl (C=O) groups excluding carboxylic acids is 1. The first kappa shape index (κ1) is 23.1. The fourth-order valence-electron chi connectivity index (χ4n) is 4.16. The number of fused-ring (bicyclic) bond motifs is 1. The first-order chi connectivity index (χ1) is 14.8. The second kappa shape index (κ2) is 10.1. The highest BCUT2D eigenvalue weighted by molar-refractivity contribution is 5.88. The smallest absolute Gasteiger partial charge is 0.410 e. The largest absolute Gasteiger partial charge is 0.495 e. The highest BCUT2D eigenvalue weighted by atomic mass is 16.6. The Labute approximate surface area is 184 Å². The summed E-state index contributed by atoms with van der Waals surface area (Å²) in [5, 5.41) is 10.6. The van der Waals surface area contributed by atoms with Crippen LogP contribution in [0.4, 0.5) is 4.79 Å². The van der Waals surface area contributed by atoms with E-state index in [1.54, 1.807) is 18.2 Å². The number of benzene rings is 1. The van der Waals surface area contributed by atoms with Crippen molar-refractivity contribution in [3.63, 3.8) is 0 Å². The molecule has 1 aromatic carbocycles. The topological polar surface area (TPSA) is 71.9 Å². The van der Waals surface area contributed by atoms with E-state index in [-0.39, 0.29) is 18.6 Å². The fourth-order valence-corrected chi connectivity index (χ4v) is 4.16. The maximum atomic E-state index is 12.5. The normalized spacial score (nSPS) is 19.7. The molecule has 1 aromatic heterocycles. The van der Waals surface area contributed by atoms with Gasteiger partial charge in [0.1, 0.15) is 11.4 Å². The highest BCUT2D eigenvalue weighted by Crippen LogP contribution is 2.31. The lowest BCUT2D eigenvalue weighted by atomic mass is 9.81. The van der Waals surface area contributed by atoms with Crippen LogP contribution >= 0.6 is 0 Å². The number of piperidine rings is 1. The van der Waals surface area contributed by atoms with Crippen molar-refractivity contribution in [2.45, 2.75) is 45.6 Å². The third-order valence-electron chi connectivity index (χ3n) is 5.75. The summed E-state index contributed by atoms with van der Waals surface area (Å²) < 4.78 is 10.9. The standard InChI is InChI=1S/C25H34N2O4/c1-25(2,3)31-24(29)27-13-11-18(20(17-27)12-14-28)7-5-8-19-9-6-10-23-22(19)15-21(30-4)16-26-23/h5-6,8-10,15-16,18,20,28H,7,11-14,17H2,1-4H3/b8-5+/t18-,20+/m1/s1. The molecule has 0 saturated carbocycles. The van der Waals surface area contributed by atoms with E-state index in [9.17, 15) is 9.90 Å². The average Bonchev–Trinajstić information content (AvgIpc) is 2.73. The van der Waals surface area contributed by atoms with Gasteiger partial charge in [-0.2, -0.15) is 0 Å². The van der Waals surface area contributed by atoms with Crippen LogP contribution in [-0.2, 0) is 4.74 Å². The van der Waals surface area contributed by atoms with Crippen LogP contribution in [0.2, 0.25) is 0 Å². The number of carbonyl (C=O) groups is 1. The fraction of sp³-hybridized carbons (Fsp3) is 0.520. The van der Waals surface area contributed by atoms with Gasteiger partial charge in [0.05, 0.1) is 18.8 Å². The van der Waals surface area contributed by atoms with Gasteiger partial charge < -0.3 is 19.5 Å². The zero-order chi connectivity index (χ0) is 22.4. The van der Waals surface area contributed by atoms with E-state index in [0.717, 1.165) is 35.1 Å². The summed E-state index contributed by atoms with van der Waals surface area (Å²) in [5.74, 6) is 1.42. The summed E-state index contributed by atoms with van der Waals surface area (Å²) in [6, 6.07) is 8.09. The van der Waals surface area contributed by atoms with E-state index in [2.05, 4.69) is 23.2 Å². The number of ether oxygens (including phenoxy) is 2. The second-order valence-corrected chi connectivity index (χ2v) is 9.17. The molecule has 2 heterocycles. The number of aromatic nitrogens is 1. The number of rotatable bonds is 6. The van der Waals surface area contributed by atoms with E-state index in [1.165, 1.54) is 0 Å². The van der Waals surface area contributed by atoms with Gasteiger partial charge in [-0.1, -0.05) is 24.3 Å². The first-order valence-electron chi connectivity index (χ1n) is 11.0. The lowest BCUT2D eigenvalue weighted by Crippen LogP contribution is -2.46. The molecule has 1 aliphatic heterocycles. The van der Waals surface area contributed by atoms with Crippen molar-refractivity contribution in [3.8, 4) is 5.75 Å². The maximum Gasteiger partial charge on any atom is 0.410 e. The number of likely N-dealkylation sites (tertiary alicyclic amines) is 1. The van der Waals surface area contributed by atoms with Crippen LogP contribution in [0.1, 0.15) is 45.6 Å². The van der Waals surface area contributed by atoms with Crippen molar-refractivity contribution in [1.82, 2.24) is 9.88 Å². The van der Waals surface area contributed by atoms with Crippen LogP contribution < -0.4 is 4.74 Å². The Morgan fingerprint density at radius 1 is 1.32 bits per heavy atom. The van der Waals surface area contributed by atoms with Crippen LogP contribution in [-0.4, -0.2) is 53.5 Å². The Morgan fingerprint density at radius 2 is 2.13 bits per heavy atom. The summed E-state index contributed by atoms with van der Waals surface area (Å²) in [4.78, 5) is 18.7. The molecule has 2 atom stereocenters. The van der Waals surface area contributed by atoms with Gasteiger partial charge in [-0.15, -0.1) is 0 Å². The van der Waals surface area contributed by atoms with Crippen molar-refractivity contribution < 1.29 is 19.4 Å². The van der Waals surface area contributed by atoms with Crippen LogP contribution in [0, 0.1) is 11.8 Å². The van der Waals surface area contributed by atoms with E-state index < -0.39 is 5.60 Å². The van der Waals surface area contributed by atoms with Crippen LogP contribution in [0.3, 0.4) is 0 Å². The third-order valence-corrected chi connectivity index (χ3v) is 5.75. The first-order valence-corrected chi connectivity index (χ1v) is 11.0.